The predicted molar refractivity (Wildman–Crippen MR) is 118 cm³/mol. The summed E-state index contributed by atoms with van der Waals surface area (Å²) in [6.45, 7) is 5.74. The van der Waals surface area contributed by atoms with Gasteiger partial charge < -0.3 is 16.0 Å². The van der Waals surface area contributed by atoms with E-state index in [9.17, 15) is 9.18 Å². The highest BCUT2D eigenvalue weighted by Gasteiger charge is 2.25. The van der Waals surface area contributed by atoms with E-state index in [0.717, 1.165) is 58.2 Å². The molecule has 3 rings (SSSR count). The third-order valence-corrected chi connectivity index (χ3v) is 6.76. The summed E-state index contributed by atoms with van der Waals surface area (Å²) in [6, 6.07) is 0. The molecule has 1 aliphatic heterocycles. The minimum Gasteiger partial charge on any atom is -0.369 e. The van der Waals surface area contributed by atoms with Crippen LogP contribution in [0, 0.1) is 23.6 Å². The van der Waals surface area contributed by atoms with Gasteiger partial charge in [-0.05, 0) is 76.3 Å². The summed E-state index contributed by atoms with van der Waals surface area (Å²) in [6.07, 6.45) is 7.07. The number of anilines is 2. The molecule has 0 unspecified atom stereocenters. The van der Waals surface area contributed by atoms with Crippen molar-refractivity contribution in [2.45, 2.75) is 45.4 Å². The van der Waals surface area contributed by atoms with Crippen LogP contribution in [0.15, 0.2) is 6.33 Å². The Bertz CT molecular complexity index is 705. The lowest BCUT2D eigenvalue weighted by molar-refractivity contribution is -0.119. The molecular formula is C22H36F2N6O. The molecule has 0 atom stereocenters. The van der Waals surface area contributed by atoms with E-state index >= 15 is 4.39 Å². The van der Waals surface area contributed by atoms with Crippen LogP contribution in [0.1, 0.15) is 45.4 Å². The average Bonchev–Trinajstić information content (AvgIpc) is 2.78. The van der Waals surface area contributed by atoms with Crippen molar-refractivity contribution in [3.8, 4) is 0 Å². The quantitative estimate of drug-likeness (QED) is 0.584. The molecule has 2 fully saturated rings. The van der Waals surface area contributed by atoms with Crippen molar-refractivity contribution in [2.24, 2.45) is 23.5 Å². The minimum atomic E-state index is -0.409. The number of aromatic nitrogens is 2. The molecule has 31 heavy (non-hydrogen) atoms. The van der Waals surface area contributed by atoms with Crippen molar-refractivity contribution < 1.29 is 13.6 Å². The summed E-state index contributed by atoms with van der Waals surface area (Å²) in [7, 11) is 0. The summed E-state index contributed by atoms with van der Waals surface area (Å²) in [4.78, 5) is 23.4. The van der Waals surface area contributed by atoms with E-state index in [1.165, 1.54) is 6.33 Å². The second-order valence-electron chi connectivity index (χ2n) is 9.01. The first-order valence-corrected chi connectivity index (χ1v) is 11.6. The van der Waals surface area contributed by atoms with Gasteiger partial charge in [0.05, 0.1) is 13.2 Å². The van der Waals surface area contributed by atoms with Crippen LogP contribution >= 0.6 is 0 Å². The van der Waals surface area contributed by atoms with Crippen molar-refractivity contribution in [3.63, 3.8) is 0 Å². The van der Waals surface area contributed by atoms with Gasteiger partial charge in [-0.1, -0.05) is 0 Å². The van der Waals surface area contributed by atoms with Gasteiger partial charge in [0.15, 0.2) is 11.6 Å². The van der Waals surface area contributed by atoms with Crippen LogP contribution in [0.4, 0.5) is 20.4 Å². The van der Waals surface area contributed by atoms with Crippen molar-refractivity contribution in [1.82, 2.24) is 14.9 Å². The fourth-order valence-electron chi connectivity index (χ4n) is 4.76. The number of alkyl halides is 1. The van der Waals surface area contributed by atoms with E-state index in [4.69, 9.17) is 5.73 Å². The van der Waals surface area contributed by atoms with Crippen LogP contribution in [-0.4, -0.2) is 66.7 Å². The summed E-state index contributed by atoms with van der Waals surface area (Å²) in [5.74, 6) is 0.902. The average molecular weight is 439 g/mol. The first kappa shape index (κ1) is 23.6. The Morgan fingerprint density at radius 3 is 2.45 bits per heavy atom. The smallest absolute Gasteiger partial charge is 0.231 e. The van der Waals surface area contributed by atoms with Gasteiger partial charge in [0, 0.05) is 19.6 Å². The molecule has 0 radical (unpaired) electrons. The standard InChI is InChI=1S/C22H36F2N6O/c1-2-30(13-18-5-3-16(11-23)4-6-18)22-20(24)21(27-15-28-22)26-12-17-7-9-29(10-8-17)14-19(25)31/h15-18H,2-14H2,1H3,(H2,25,31)(H,26,27,28). The highest BCUT2D eigenvalue weighted by molar-refractivity contribution is 5.75. The highest BCUT2D eigenvalue weighted by atomic mass is 19.1. The lowest BCUT2D eigenvalue weighted by Gasteiger charge is -2.32. The van der Waals surface area contributed by atoms with E-state index in [2.05, 4.69) is 20.2 Å². The fourth-order valence-corrected chi connectivity index (χ4v) is 4.76. The van der Waals surface area contributed by atoms with Gasteiger partial charge in [0.25, 0.3) is 0 Å². The van der Waals surface area contributed by atoms with E-state index in [0.29, 0.717) is 37.3 Å². The molecule has 0 aromatic carbocycles. The molecule has 174 valence electrons. The number of amides is 1. The van der Waals surface area contributed by atoms with Gasteiger partial charge in [-0.2, -0.15) is 4.39 Å². The number of carbonyl (C=O) groups excluding carboxylic acids is 1. The Balaban J connectivity index is 1.53. The second kappa shape index (κ2) is 11.5. The van der Waals surface area contributed by atoms with E-state index in [1.807, 2.05) is 11.8 Å². The van der Waals surface area contributed by atoms with Crippen LogP contribution in [0.25, 0.3) is 0 Å². The maximum atomic E-state index is 15.2. The molecule has 1 saturated carbocycles. The van der Waals surface area contributed by atoms with Crippen LogP contribution in [0.3, 0.4) is 0 Å². The number of halogens is 2. The topological polar surface area (TPSA) is 87.4 Å². The Morgan fingerprint density at radius 2 is 1.84 bits per heavy atom. The Kier molecular flexibility index (Phi) is 8.80. The molecule has 1 amide bonds. The molecule has 1 saturated heterocycles. The van der Waals surface area contributed by atoms with Crippen LogP contribution in [0.5, 0.6) is 0 Å². The molecule has 7 nitrogen and oxygen atoms in total. The summed E-state index contributed by atoms with van der Waals surface area (Å²) >= 11 is 0. The van der Waals surface area contributed by atoms with Crippen molar-refractivity contribution in [3.05, 3.63) is 12.1 Å². The second-order valence-corrected chi connectivity index (χ2v) is 9.01. The third kappa shape index (κ3) is 6.72. The first-order chi connectivity index (χ1) is 15.0. The number of nitrogens with zero attached hydrogens (tertiary/aromatic N) is 4. The molecule has 0 bridgehead atoms. The molecular weight excluding hydrogens is 402 g/mol. The Hall–Kier alpha value is -2.03. The van der Waals surface area contributed by atoms with Crippen LogP contribution < -0.4 is 16.0 Å². The number of likely N-dealkylation sites (tertiary alicyclic amines) is 1. The normalized spacial score (nSPS) is 22.9. The van der Waals surface area contributed by atoms with Gasteiger partial charge in [-0.15, -0.1) is 0 Å². The number of nitrogens with one attached hydrogen (secondary N) is 1. The number of primary amides is 1. The number of nitrogens with two attached hydrogens (primary N) is 1. The SMILES string of the molecule is CCN(CC1CCC(CF)CC1)c1ncnc(NCC2CCN(CC(N)=O)CC2)c1F. The molecule has 0 spiro atoms. The number of hydrogen-bond acceptors (Lipinski definition) is 6. The molecule has 1 aliphatic carbocycles. The fraction of sp³-hybridized carbons (Fsp3) is 0.773. The number of rotatable bonds is 10. The summed E-state index contributed by atoms with van der Waals surface area (Å²) in [5.41, 5.74) is 5.26. The number of carbonyl (C=O) groups is 1. The molecule has 2 heterocycles. The number of piperidine rings is 1. The van der Waals surface area contributed by atoms with E-state index in [1.54, 1.807) is 0 Å². The van der Waals surface area contributed by atoms with Gasteiger partial charge in [0.1, 0.15) is 6.33 Å². The molecule has 2 aliphatic rings. The van der Waals surface area contributed by atoms with Gasteiger partial charge in [0.2, 0.25) is 11.7 Å². The predicted octanol–water partition coefficient (Wildman–Crippen LogP) is 2.83. The monoisotopic (exact) mass is 438 g/mol. The van der Waals surface area contributed by atoms with Crippen molar-refractivity contribution in [1.29, 1.82) is 0 Å². The van der Waals surface area contributed by atoms with Gasteiger partial charge >= 0.3 is 0 Å². The maximum absolute atomic E-state index is 15.2. The zero-order chi connectivity index (χ0) is 22.2. The molecule has 9 heteroatoms. The number of hydrogen-bond donors (Lipinski definition) is 2. The van der Waals surface area contributed by atoms with E-state index in [-0.39, 0.29) is 24.3 Å². The highest BCUT2D eigenvalue weighted by Crippen LogP contribution is 2.31. The van der Waals surface area contributed by atoms with Gasteiger partial charge in [-0.25, -0.2) is 9.97 Å². The van der Waals surface area contributed by atoms with Crippen molar-refractivity contribution in [2.75, 3.05) is 56.2 Å². The largest absolute Gasteiger partial charge is 0.369 e. The van der Waals surface area contributed by atoms with Crippen LogP contribution in [0.2, 0.25) is 0 Å². The zero-order valence-electron chi connectivity index (χ0n) is 18.5. The first-order valence-electron chi connectivity index (χ1n) is 11.6. The lowest BCUT2D eigenvalue weighted by Crippen LogP contribution is -2.40. The third-order valence-electron chi connectivity index (χ3n) is 6.76. The molecule has 3 N–H and O–H groups in total. The van der Waals surface area contributed by atoms with Crippen LogP contribution in [-0.2, 0) is 4.79 Å². The van der Waals surface area contributed by atoms with Crippen molar-refractivity contribution >= 4 is 17.5 Å². The summed E-state index contributed by atoms with van der Waals surface area (Å²) < 4.78 is 28.1. The maximum Gasteiger partial charge on any atom is 0.231 e. The van der Waals surface area contributed by atoms with Gasteiger partial charge in [-0.3, -0.25) is 14.1 Å². The lowest BCUT2D eigenvalue weighted by atomic mass is 9.82. The zero-order valence-corrected chi connectivity index (χ0v) is 18.5. The molecule has 1 aromatic heterocycles. The summed E-state index contributed by atoms with van der Waals surface area (Å²) in [5, 5.41) is 3.17. The molecule has 1 aromatic rings. The Labute approximate surface area is 183 Å². The Morgan fingerprint density at radius 1 is 1.16 bits per heavy atom. The minimum absolute atomic E-state index is 0.195. The van der Waals surface area contributed by atoms with E-state index < -0.39 is 5.82 Å².